The summed E-state index contributed by atoms with van der Waals surface area (Å²) in [4.78, 5) is 21.9. The van der Waals surface area contributed by atoms with Gasteiger partial charge in [-0.2, -0.15) is 5.10 Å². The van der Waals surface area contributed by atoms with Gasteiger partial charge in [0.1, 0.15) is 5.71 Å². The lowest BCUT2D eigenvalue weighted by molar-refractivity contribution is -0.129. The number of hydrogen-bond donors (Lipinski definition) is 2. The average molecular weight is 212 g/mol. The van der Waals surface area contributed by atoms with Crippen LogP contribution >= 0.6 is 0 Å². The van der Waals surface area contributed by atoms with Crippen molar-refractivity contribution in [2.24, 2.45) is 11.0 Å². The number of amides is 1. The molecule has 0 spiro atoms. The number of carbonyl (C=O) groups is 2. The predicted octanol–water partition coefficient (Wildman–Crippen LogP) is 1.14. The molecule has 84 valence electrons. The number of carboxylic acid groups (broad SMARTS) is 1. The molecule has 1 fully saturated rings. The zero-order valence-corrected chi connectivity index (χ0v) is 8.82. The molecule has 0 saturated heterocycles. The lowest BCUT2D eigenvalue weighted by Crippen LogP contribution is -2.29. The molecular weight excluding hydrogens is 196 g/mol. The number of carboxylic acids is 1. The number of carbonyl (C=O) groups excluding carboxylic acids is 1. The van der Waals surface area contributed by atoms with Crippen LogP contribution in [0, 0.1) is 5.92 Å². The van der Waals surface area contributed by atoms with Crippen LogP contribution in [0.2, 0.25) is 0 Å². The molecule has 0 aromatic heterocycles. The summed E-state index contributed by atoms with van der Waals surface area (Å²) in [5.41, 5.74) is 2.20. The van der Waals surface area contributed by atoms with E-state index in [2.05, 4.69) is 10.5 Å². The van der Waals surface area contributed by atoms with Crippen LogP contribution in [-0.4, -0.2) is 22.7 Å². The summed E-state index contributed by atoms with van der Waals surface area (Å²) in [7, 11) is 0. The summed E-state index contributed by atoms with van der Waals surface area (Å²) >= 11 is 0. The molecule has 15 heavy (non-hydrogen) atoms. The quantitative estimate of drug-likeness (QED) is 0.544. The molecule has 1 aliphatic rings. The van der Waals surface area contributed by atoms with Crippen molar-refractivity contribution >= 4 is 17.6 Å². The van der Waals surface area contributed by atoms with Crippen molar-refractivity contribution in [3.05, 3.63) is 0 Å². The Labute approximate surface area is 88.6 Å². The van der Waals surface area contributed by atoms with Gasteiger partial charge < -0.3 is 5.11 Å². The fourth-order valence-electron chi connectivity index (χ4n) is 1.64. The van der Waals surface area contributed by atoms with Crippen LogP contribution in [0.25, 0.3) is 0 Å². The van der Waals surface area contributed by atoms with Crippen LogP contribution in [-0.2, 0) is 9.59 Å². The SMILES string of the molecule is C/C(=N\NC(=O)C1CCCCC1)C(=O)O. The summed E-state index contributed by atoms with van der Waals surface area (Å²) < 4.78 is 0. The van der Waals surface area contributed by atoms with E-state index < -0.39 is 5.97 Å². The predicted molar refractivity (Wildman–Crippen MR) is 55.5 cm³/mol. The Morgan fingerprint density at radius 1 is 1.27 bits per heavy atom. The molecule has 2 N–H and O–H groups in total. The molecule has 1 rings (SSSR count). The van der Waals surface area contributed by atoms with E-state index in [9.17, 15) is 9.59 Å². The minimum Gasteiger partial charge on any atom is -0.477 e. The normalized spacial score (nSPS) is 18.6. The fourth-order valence-corrected chi connectivity index (χ4v) is 1.64. The first-order valence-electron chi connectivity index (χ1n) is 5.18. The number of aliphatic carboxylic acids is 1. The maximum Gasteiger partial charge on any atom is 0.351 e. The van der Waals surface area contributed by atoms with E-state index in [0.29, 0.717) is 0 Å². The van der Waals surface area contributed by atoms with Gasteiger partial charge in [0.2, 0.25) is 5.91 Å². The van der Waals surface area contributed by atoms with Gasteiger partial charge in [0.25, 0.3) is 0 Å². The Bertz CT molecular complexity index is 280. The summed E-state index contributed by atoms with van der Waals surface area (Å²) in [6.07, 6.45) is 5.08. The van der Waals surface area contributed by atoms with Crippen molar-refractivity contribution in [1.29, 1.82) is 0 Å². The van der Waals surface area contributed by atoms with E-state index in [0.717, 1.165) is 25.7 Å². The van der Waals surface area contributed by atoms with Crippen LogP contribution in [0.5, 0.6) is 0 Å². The molecular formula is C10H16N2O3. The van der Waals surface area contributed by atoms with E-state index in [1.165, 1.54) is 13.3 Å². The molecule has 1 aliphatic carbocycles. The third-order valence-corrected chi connectivity index (χ3v) is 2.62. The Kier molecular flexibility index (Phi) is 4.27. The van der Waals surface area contributed by atoms with Crippen molar-refractivity contribution in [3.8, 4) is 0 Å². The third-order valence-electron chi connectivity index (χ3n) is 2.62. The van der Waals surface area contributed by atoms with E-state index >= 15 is 0 Å². The van der Waals surface area contributed by atoms with Crippen molar-refractivity contribution in [2.75, 3.05) is 0 Å². The van der Waals surface area contributed by atoms with Crippen molar-refractivity contribution in [1.82, 2.24) is 5.43 Å². The van der Waals surface area contributed by atoms with Gasteiger partial charge in [-0.05, 0) is 19.8 Å². The molecule has 0 heterocycles. The minimum atomic E-state index is -1.11. The van der Waals surface area contributed by atoms with Crippen molar-refractivity contribution in [3.63, 3.8) is 0 Å². The maximum atomic E-state index is 11.5. The molecule has 0 aliphatic heterocycles. The second-order valence-corrected chi connectivity index (χ2v) is 3.81. The molecule has 1 saturated carbocycles. The van der Waals surface area contributed by atoms with Crippen LogP contribution < -0.4 is 5.43 Å². The molecule has 0 atom stereocenters. The Balaban J connectivity index is 2.41. The van der Waals surface area contributed by atoms with E-state index in [4.69, 9.17) is 5.11 Å². The number of hydrazone groups is 1. The van der Waals surface area contributed by atoms with Crippen molar-refractivity contribution < 1.29 is 14.7 Å². The summed E-state index contributed by atoms with van der Waals surface area (Å²) in [6.45, 7) is 1.35. The van der Waals surface area contributed by atoms with Crippen LogP contribution in [0.4, 0.5) is 0 Å². The molecule has 0 radical (unpaired) electrons. The summed E-state index contributed by atoms with van der Waals surface area (Å²) in [5.74, 6) is -1.27. The molecule has 5 nitrogen and oxygen atoms in total. The lowest BCUT2D eigenvalue weighted by atomic mass is 9.89. The number of nitrogens with zero attached hydrogens (tertiary/aromatic N) is 1. The number of hydrogen-bond acceptors (Lipinski definition) is 3. The second-order valence-electron chi connectivity index (χ2n) is 3.81. The average Bonchev–Trinajstić information content (AvgIpc) is 2.26. The highest BCUT2D eigenvalue weighted by atomic mass is 16.4. The smallest absolute Gasteiger partial charge is 0.351 e. The first-order valence-corrected chi connectivity index (χ1v) is 5.18. The van der Waals surface area contributed by atoms with Gasteiger partial charge >= 0.3 is 5.97 Å². The molecule has 0 unspecified atom stereocenters. The zero-order valence-electron chi connectivity index (χ0n) is 8.82. The Morgan fingerprint density at radius 3 is 2.40 bits per heavy atom. The lowest BCUT2D eigenvalue weighted by Gasteiger charge is -2.19. The van der Waals surface area contributed by atoms with Crippen LogP contribution in [0.15, 0.2) is 5.10 Å². The standard InChI is InChI=1S/C10H16N2O3/c1-7(10(14)15)11-12-9(13)8-5-3-2-4-6-8/h8H,2-6H2,1H3,(H,12,13)(H,14,15)/b11-7+. The highest BCUT2D eigenvalue weighted by Crippen LogP contribution is 2.23. The summed E-state index contributed by atoms with van der Waals surface area (Å²) in [5, 5.41) is 12.0. The molecule has 0 aromatic rings. The zero-order chi connectivity index (χ0) is 11.3. The topological polar surface area (TPSA) is 78.8 Å². The first kappa shape index (κ1) is 11.7. The fraction of sp³-hybridized carbons (Fsp3) is 0.700. The van der Waals surface area contributed by atoms with Crippen LogP contribution in [0.1, 0.15) is 39.0 Å². The van der Waals surface area contributed by atoms with Gasteiger partial charge in [0.15, 0.2) is 0 Å². The molecule has 5 heteroatoms. The molecule has 1 amide bonds. The second kappa shape index (κ2) is 5.48. The Morgan fingerprint density at radius 2 is 1.87 bits per heavy atom. The molecule has 0 bridgehead atoms. The van der Waals surface area contributed by atoms with Gasteiger partial charge in [0, 0.05) is 5.92 Å². The third kappa shape index (κ3) is 3.69. The van der Waals surface area contributed by atoms with Gasteiger partial charge in [-0.1, -0.05) is 19.3 Å². The monoisotopic (exact) mass is 212 g/mol. The van der Waals surface area contributed by atoms with E-state index in [1.807, 2.05) is 0 Å². The molecule has 0 aromatic carbocycles. The maximum absolute atomic E-state index is 11.5. The number of nitrogens with one attached hydrogen (secondary N) is 1. The highest BCUT2D eigenvalue weighted by Gasteiger charge is 2.20. The minimum absolute atomic E-state index is 0.00379. The Hall–Kier alpha value is -1.39. The van der Waals surface area contributed by atoms with Gasteiger partial charge in [0.05, 0.1) is 0 Å². The van der Waals surface area contributed by atoms with Gasteiger partial charge in [-0.15, -0.1) is 0 Å². The van der Waals surface area contributed by atoms with Gasteiger partial charge in [-0.3, -0.25) is 4.79 Å². The van der Waals surface area contributed by atoms with Crippen molar-refractivity contribution in [2.45, 2.75) is 39.0 Å². The van der Waals surface area contributed by atoms with Crippen LogP contribution in [0.3, 0.4) is 0 Å². The summed E-state index contributed by atoms with van der Waals surface area (Å²) in [6, 6.07) is 0. The van der Waals surface area contributed by atoms with Gasteiger partial charge in [-0.25, -0.2) is 10.2 Å². The van der Waals surface area contributed by atoms with E-state index in [1.54, 1.807) is 0 Å². The highest BCUT2D eigenvalue weighted by molar-refractivity contribution is 6.34. The largest absolute Gasteiger partial charge is 0.477 e. The van der Waals surface area contributed by atoms with E-state index in [-0.39, 0.29) is 17.5 Å². The number of rotatable bonds is 3. The first-order chi connectivity index (χ1) is 7.11.